The van der Waals surface area contributed by atoms with Gasteiger partial charge in [0.25, 0.3) is 0 Å². The number of hydrogen-bond donors (Lipinski definition) is 2. The van der Waals surface area contributed by atoms with Crippen molar-refractivity contribution >= 4 is 38.5 Å². The van der Waals surface area contributed by atoms with Gasteiger partial charge in [-0.2, -0.15) is 0 Å². The third kappa shape index (κ3) is 3.56. The Morgan fingerprint density at radius 2 is 2.03 bits per heavy atom. The molecule has 3 unspecified atom stereocenters. The number of fused-ring (bicyclic) bond motifs is 5. The third-order valence-corrected chi connectivity index (χ3v) is 8.31. The molecule has 8 rings (SSSR count). The number of hydrogen-bond acceptors (Lipinski definition) is 7. The fourth-order valence-electron chi connectivity index (χ4n) is 6.48. The average Bonchev–Trinajstić information content (AvgIpc) is 3.67. The van der Waals surface area contributed by atoms with Crippen molar-refractivity contribution in [2.75, 3.05) is 20.8 Å². The van der Waals surface area contributed by atoms with Crippen molar-refractivity contribution in [1.82, 2.24) is 19.9 Å². The van der Waals surface area contributed by atoms with E-state index >= 15 is 4.39 Å². The predicted octanol–water partition coefficient (Wildman–Crippen LogP) is 4.90. The van der Waals surface area contributed by atoms with E-state index in [1.54, 1.807) is 12.3 Å². The Labute approximate surface area is 223 Å². The van der Waals surface area contributed by atoms with Crippen molar-refractivity contribution in [1.29, 1.82) is 0 Å². The van der Waals surface area contributed by atoms with Crippen molar-refractivity contribution in [2.45, 2.75) is 31.3 Å². The van der Waals surface area contributed by atoms with Crippen LogP contribution in [0.1, 0.15) is 24.6 Å². The Balaban J connectivity index is 1.49. The van der Waals surface area contributed by atoms with Crippen molar-refractivity contribution in [3.05, 3.63) is 60.2 Å². The molecule has 1 saturated carbocycles. The minimum atomic E-state index is -0.581. The molecule has 3 atom stereocenters. The summed E-state index contributed by atoms with van der Waals surface area (Å²) in [4.78, 5) is 21.2. The van der Waals surface area contributed by atoms with Gasteiger partial charge in [-0.25, -0.2) is 9.37 Å². The van der Waals surface area contributed by atoms with Crippen LogP contribution in [0, 0.1) is 11.7 Å². The highest BCUT2D eigenvalue weighted by Gasteiger charge is 2.49. The Morgan fingerprint density at radius 1 is 1.18 bits per heavy atom. The van der Waals surface area contributed by atoms with E-state index in [0.717, 1.165) is 40.3 Å². The van der Waals surface area contributed by atoms with Gasteiger partial charge in [-0.3, -0.25) is 9.78 Å². The number of aryl methyl sites for hydroxylation is 1. The molecule has 5 heterocycles. The molecule has 2 N–H and O–H groups in total. The van der Waals surface area contributed by atoms with Crippen LogP contribution in [0.2, 0.25) is 0 Å². The topological polar surface area (TPSA) is 98.5 Å². The van der Waals surface area contributed by atoms with Gasteiger partial charge < -0.3 is 24.5 Å². The summed E-state index contributed by atoms with van der Waals surface area (Å²) >= 11 is 0. The van der Waals surface area contributed by atoms with Gasteiger partial charge in [0.15, 0.2) is 5.82 Å². The normalized spacial score (nSPS) is 20.0. The monoisotopic (exact) mass is 526 g/mol. The van der Waals surface area contributed by atoms with E-state index in [0.29, 0.717) is 35.2 Å². The van der Waals surface area contributed by atoms with E-state index in [-0.39, 0.29) is 35.4 Å². The van der Waals surface area contributed by atoms with Crippen LogP contribution in [0.25, 0.3) is 43.8 Å². The van der Waals surface area contributed by atoms with E-state index in [9.17, 15) is 9.90 Å². The predicted molar refractivity (Wildman–Crippen MR) is 145 cm³/mol. The van der Waals surface area contributed by atoms with Crippen molar-refractivity contribution < 1.29 is 23.8 Å². The Hall–Kier alpha value is -4.24. The van der Waals surface area contributed by atoms with E-state index in [1.807, 2.05) is 30.3 Å². The van der Waals surface area contributed by atoms with Crippen molar-refractivity contribution in [3.63, 3.8) is 0 Å². The molecule has 2 saturated heterocycles. The fraction of sp³-hybridized carbons (Fsp3) is 0.300. The first-order valence-corrected chi connectivity index (χ1v) is 13.1. The number of methoxy groups -OCH3 is 2. The first-order chi connectivity index (χ1) is 19.0. The molecule has 9 heteroatoms. The highest BCUT2D eigenvalue weighted by atomic mass is 19.1. The molecule has 0 spiro atoms. The zero-order chi connectivity index (χ0) is 26.8. The summed E-state index contributed by atoms with van der Waals surface area (Å²) < 4.78 is 29.2. The number of phenols is 1. The second-order valence-electron chi connectivity index (χ2n) is 10.4. The molecule has 3 fully saturated rings. The number of ether oxygens (including phenoxy) is 2. The van der Waals surface area contributed by atoms with Crippen LogP contribution < -0.4 is 10.1 Å². The van der Waals surface area contributed by atoms with E-state index in [2.05, 4.69) is 19.9 Å². The lowest BCUT2D eigenvalue weighted by Crippen LogP contribution is -2.39. The largest absolute Gasteiger partial charge is 0.508 e. The van der Waals surface area contributed by atoms with Crippen LogP contribution in [-0.4, -0.2) is 52.4 Å². The SMILES string of the molecule is COC(=O)CCc1cc2c(OC)nc3c(F)c(-c4cc(O)cc5ccccc45)ncc3c2n1C1C2CNC1C2. The number of carbonyl (C=O) groups is 1. The maximum absolute atomic E-state index is 16.4. The Kier molecular flexibility index (Phi) is 5.45. The van der Waals surface area contributed by atoms with Gasteiger partial charge in [0.1, 0.15) is 17.0 Å². The quantitative estimate of drug-likeness (QED) is 0.304. The standard InChI is InChI=1S/C30H27FN4O4/c1-38-24(37)8-7-17-11-21-29(35(17)28-16-10-23(28)32-13-16)22-14-33-26(25(31)27(22)34-30(21)39-2)20-12-18(36)9-15-5-3-4-6-19(15)20/h3-6,9,11-12,14,16,23,28,32,36H,7-8,10,13H2,1-2H3. The number of aromatic nitrogens is 3. The summed E-state index contributed by atoms with van der Waals surface area (Å²) in [5.41, 5.74) is 2.50. The summed E-state index contributed by atoms with van der Waals surface area (Å²) in [6, 6.07) is 13.2. The van der Waals surface area contributed by atoms with Crippen LogP contribution in [0.4, 0.5) is 4.39 Å². The van der Waals surface area contributed by atoms with Gasteiger partial charge in [-0.1, -0.05) is 24.3 Å². The zero-order valence-corrected chi connectivity index (χ0v) is 21.6. The third-order valence-electron chi connectivity index (χ3n) is 8.31. The highest BCUT2D eigenvalue weighted by Crippen LogP contribution is 2.48. The highest BCUT2D eigenvalue weighted by molar-refractivity contribution is 6.08. The maximum Gasteiger partial charge on any atom is 0.305 e. The van der Waals surface area contributed by atoms with Crippen LogP contribution >= 0.6 is 0 Å². The zero-order valence-electron chi connectivity index (χ0n) is 21.6. The first kappa shape index (κ1) is 23.8. The lowest BCUT2D eigenvalue weighted by atomic mass is 9.79. The number of phenolic OH excluding ortho intramolecular Hbond substituents is 1. The number of nitrogens with one attached hydrogen (secondary N) is 1. The van der Waals surface area contributed by atoms with E-state index in [1.165, 1.54) is 20.3 Å². The summed E-state index contributed by atoms with van der Waals surface area (Å²) in [6.45, 7) is 0.924. The molecule has 5 aromatic rings. The van der Waals surface area contributed by atoms with Crippen molar-refractivity contribution in [3.8, 4) is 22.9 Å². The lowest BCUT2D eigenvalue weighted by Gasteiger charge is -2.38. The molecule has 2 bridgehead atoms. The molecule has 3 aromatic heterocycles. The van der Waals surface area contributed by atoms with Gasteiger partial charge in [0, 0.05) is 35.4 Å². The molecule has 2 aromatic carbocycles. The van der Waals surface area contributed by atoms with E-state index < -0.39 is 5.82 Å². The second-order valence-corrected chi connectivity index (χ2v) is 10.4. The number of rotatable bonds is 6. The van der Waals surface area contributed by atoms with Crippen LogP contribution in [0.15, 0.2) is 48.7 Å². The number of aromatic hydroxyl groups is 1. The molecule has 3 aliphatic rings. The summed E-state index contributed by atoms with van der Waals surface area (Å²) in [7, 11) is 2.91. The molecular weight excluding hydrogens is 499 g/mol. The lowest BCUT2D eigenvalue weighted by molar-refractivity contribution is -0.140. The Morgan fingerprint density at radius 3 is 2.77 bits per heavy atom. The summed E-state index contributed by atoms with van der Waals surface area (Å²) in [5.74, 6) is -0.0725. The number of pyridine rings is 2. The van der Waals surface area contributed by atoms with Gasteiger partial charge in [0.2, 0.25) is 5.88 Å². The van der Waals surface area contributed by atoms with Crippen LogP contribution in [-0.2, 0) is 16.0 Å². The van der Waals surface area contributed by atoms with Crippen LogP contribution in [0.3, 0.4) is 0 Å². The molecule has 0 radical (unpaired) electrons. The van der Waals surface area contributed by atoms with Crippen molar-refractivity contribution in [2.24, 2.45) is 5.92 Å². The maximum atomic E-state index is 16.4. The summed E-state index contributed by atoms with van der Waals surface area (Å²) in [6.07, 6.45) is 3.46. The minimum absolute atomic E-state index is 0.0306. The van der Waals surface area contributed by atoms with Gasteiger partial charge in [-0.05, 0) is 47.7 Å². The van der Waals surface area contributed by atoms with Gasteiger partial charge >= 0.3 is 5.97 Å². The molecular formula is C30H27FN4O4. The smallest absolute Gasteiger partial charge is 0.305 e. The number of benzene rings is 2. The molecule has 2 aliphatic heterocycles. The van der Waals surface area contributed by atoms with Crippen LogP contribution in [0.5, 0.6) is 11.6 Å². The number of carbonyl (C=O) groups excluding carboxylic acids is 1. The fourth-order valence-corrected chi connectivity index (χ4v) is 6.48. The first-order valence-electron chi connectivity index (χ1n) is 13.1. The Bertz CT molecular complexity index is 1790. The van der Waals surface area contributed by atoms with E-state index in [4.69, 9.17) is 9.47 Å². The van der Waals surface area contributed by atoms with Gasteiger partial charge in [-0.15, -0.1) is 0 Å². The number of esters is 1. The minimum Gasteiger partial charge on any atom is -0.508 e. The van der Waals surface area contributed by atoms with Gasteiger partial charge in [0.05, 0.1) is 37.6 Å². The second kappa shape index (κ2) is 8.91. The average molecular weight is 527 g/mol. The molecule has 0 amide bonds. The molecule has 198 valence electrons. The molecule has 1 aliphatic carbocycles. The number of halogens is 1. The number of nitrogens with zero attached hydrogens (tertiary/aromatic N) is 3. The summed E-state index contributed by atoms with van der Waals surface area (Å²) in [5, 5.41) is 16.8. The molecule has 39 heavy (non-hydrogen) atoms. The molecule has 8 nitrogen and oxygen atoms in total.